The van der Waals surface area contributed by atoms with Crippen LogP contribution in [-0.2, 0) is 4.79 Å². The van der Waals surface area contributed by atoms with Crippen molar-refractivity contribution in [2.45, 2.75) is 25.9 Å². The van der Waals surface area contributed by atoms with Crippen molar-refractivity contribution in [3.63, 3.8) is 0 Å². The van der Waals surface area contributed by atoms with Gasteiger partial charge in [-0.2, -0.15) is 0 Å². The molecule has 17 heavy (non-hydrogen) atoms. The van der Waals surface area contributed by atoms with Gasteiger partial charge in [0.05, 0.1) is 0 Å². The van der Waals surface area contributed by atoms with Crippen LogP contribution in [0, 0.1) is 0 Å². The standard InChI is InChI=1S/C13H19NO3/c1-9(2)10-4-6-11(7-5-10)17-12(8-14-3)13(15)16/h4-7,9,12,14H,8H2,1-3H3,(H,15,16). The van der Waals surface area contributed by atoms with Gasteiger partial charge in [0.15, 0.2) is 0 Å². The second-order valence-corrected chi connectivity index (χ2v) is 4.23. The SMILES string of the molecule is CNCC(Oc1ccc(C(C)C)cc1)C(=O)O. The van der Waals surface area contributed by atoms with Gasteiger partial charge in [0.1, 0.15) is 5.75 Å². The molecule has 0 heterocycles. The Hall–Kier alpha value is -1.55. The summed E-state index contributed by atoms with van der Waals surface area (Å²) in [6.45, 7) is 4.50. The van der Waals surface area contributed by atoms with Crippen molar-refractivity contribution in [1.29, 1.82) is 0 Å². The molecule has 0 bridgehead atoms. The molecule has 1 aromatic carbocycles. The Labute approximate surface area is 102 Å². The van der Waals surface area contributed by atoms with E-state index in [9.17, 15) is 4.79 Å². The smallest absolute Gasteiger partial charge is 0.346 e. The highest BCUT2D eigenvalue weighted by atomic mass is 16.5. The summed E-state index contributed by atoms with van der Waals surface area (Å²) >= 11 is 0. The first-order chi connectivity index (χ1) is 8.04. The Bertz CT molecular complexity index is 359. The Kier molecular flexibility index (Phi) is 4.97. The highest BCUT2D eigenvalue weighted by molar-refractivity contribution is 5.73. The van der Waals surface area contributed by atoms with Crippen LogP contribution in [0.15, 0.2) is 24.3 Å². The summed E-state index contributed by atoms with van der Waals surface area (Å²) in [5.41, 5.74) is 1.21. The van der Waals surface area contributed by atoms with E-state index in [2.05, 4.69) is 19.2 Å². The van der Waals surface area contributed by atoms with Crippen LogP contribution in [0.1, 0.15) is 25.3 Å². The number of carboxylic acids is 1. The van der Waals surface area contributed by atoms with Crippen LogP contribution in [-0.4, -0.2) is 30.8 Å². The van der Waals surface area contributed by atoms with E-state index in [1.807, 2.05) is 12.1 Å². The second kappa shape index (κ2) is 6.25. The molecule has 1 atom stereocenters. The number of benzene rings is 1. The first kappa shape index (κ1) is 13.5. The summed E-state index contributed by atoms with van der Waals surface area (Å²) in [4.78, 5) is 10.9. The molecule has 0 aliphatic rings. The third-order valence-corrected chi connectivity index (χ3v) is 2.49. The lowest BCUT2D eigenvalue weighted by Crippen LogP contribution is -2.36. The summed E-state index contributed by atoms with van der Waals surface area (Å²) in [7, 11) is 1.70. The molecule has 1 aromatic rings. The maximum absolute atomic E-state index is 10.9. The van der Waals surface area contributed by atoms with E-state index in [-0.39, 0.29) is 6.54 Å². The van der Waals surface area contributed by atoms with Crippen molar-refractivity contribution in [2.75, 3.05) is 13.6 Å². The normalized spacial score (nSPS) is 12.5. The highest BCUT2D eigenvalue weighted by Gasteiger charge is 2.18. The quantitative estimate of drug-likeness (QED) is 0.793. The van der Waals surface area contributed by atoms with Crippen LogP contribution in [0.25, 0.3) is 0 Å². The number of aliphatic carboxylic acids is 1. The number of ether oxygens (including phenoxy) is 1. The largest absolute Gasteiger partial charge is 0.478 e. The number of hydrogen-bond donors (Lipinski definition) is 2. The molecule has 4 nitrogen and oxygen atoms in total. The van der Waals surface area contributed by atoms with Gasteiger partial charge in [-0.1, -0.05) is 26.0 Å². The van der Waals surface area contributed by atoms with Crippen LogP contribution in [0.3, 0.4) is 0 Å². The minimum Gasteiger partial charge on any atom is -0.478 e. The molecule has 1 unspecified atom stereocenters. The maximum Gasteiger partial charge on any atom is 0.346 e. The minimum absolute atomic E-state index is 0.279. The number of carboxylic acid groups (broad SMARTS) is 1. The molecule has 0 aliphatic heterocycles. The third-order valence-electron chi connectivity index (χ3n) is 2.49. The molecule has 0 saturated carbocycles. The second-order valence-electron chi connectivity index (χ2n) is 4.23. The molecule has 0 radical (unpaired) electrons. The molecule has 1 rings (SSSR count). The van der Waals surface area contributed by atoms with E-state index in [1.165, 1.54) is 5.56 Å². The fourth-order valence-corrected chi connectivity index (χ4v) is 1.46. The van der Waals surface area contributed by atoms with E-state index in [1.54, 1.807) is 19.2 Å². The molecule has 2 N–H and O–H groups in total. The van der Waals surface area contributed by atoms with Crippen LogP contribution in [0.4, 0.5) is 0 Å². The van der Waals surface area contributed by atoms with Gasteiger partial charge in [-0.25, -0.2) is 4.79 Å². The molecule has 0 aliphatic carbocycles. The fourth-order valence-electron chi connectivity index (χ4n) is 1.46. The molecule has 0 aromatic heterocycles. The van der Waals surface area contributed by atoms with Gasteiger partial charge >= 0.3 is 5.97 Å². The van der Waals surface area contributed by atoms with E-state index in [0.717, 1.165) is 0 Å². The van der Waals surface area contributed by atoms with Gasteiger partial charge in [-0.05, 0) is 30.7 Å². The van der Waals surface area contributed by atoms with Crippen molar-refractivity contribution in [3.8, 4) is 5.75 Å². The first-order valence-electron chi connectivity index (χ1n) is 5.68. The van der Waals surface area contributed by atoms with E-state index < -0.39 is 12.1 Å². The molecular weight excluding hydrogens is 218 g/mol. The lowest BCUT2D eigenvalue weighted by atomic mass is 10.0. The van der Waals surface area contributed by atoms with E-state index >= 15 is 0 Å². The minimum atomic E-state index is -0.965. The monoisotopic (exact) mass is 237 g/mol. The van der Waals surface area contributed by atoms with Crippen LogP contribution >= 0.6 is 0 Å². The topological polar surface area (TPSA) is 58.6 Å². The summed E-state index contributed by atoms with van der Waals surface area (Å²) < 4.78 is 5.39. The maximum atomic E-state index is 10.9. The zero-order valence-electron chi connectivity index (χ0n) is 10.4. The number of nitrogens with one attached hydrogen (secondary N) is 1. The van der Waals surface area contributed by atoms with Crippen LogP contribution < -0.4 is 10.1 Å². The lowest BCUT2D eigenvalue weighted by Gasteiger charge is -2.15. The summed E-state index contributed by atoms with van der Waals surface area (Å²) in [6.07, 6.45) is -0.857. The third kappa shape index (κ3) is 4.07. The summed E-state index contributed by atoms with van der Waals surface area (Å²) in [5, 5.41) is 11.7. The van der Waals surface area contributed by atoms with Gasteiger partial charge < -0.3 is 15.2 Å². The molecule has 0 fully saturated rings. The van der Waals surface area contributed by atoms with E-state index in [4.69, 9.17) is 9.84 Å². The first-order valence-corrected chi connectivity index (χ1v) is 5.68. The molecule has 0 spiro atoms. The molecule has 0 amide bonds. The lowest BCUT2D eigenvalue weighted by molar-refractivity contribution is -0.144. The summed E-state index contributed by atoms with van der Waals surface area (Å²) in [6, 6.07) is 7.53. The van der Waals surface area contributed by atoms with Crippen molar-refractivity contribution < 1.29 is 14.6 Å². The van der Waals surface area contributed by atoms with Gasteiger partial charge in [0, 0.05) is 6.54 Å². The van der Waals surface area contributed by atoms with E-state index in [0.29, 0.717) is 11.7 Å². The van der Waals surface area contributed by atoms with Gasteiger partial charge in [-0.15, -0.1) is 0 Å². The highest BCUT2D eigenvalue weighted by Crippen LogP contribution is 2.19. The Morgan fingerprint density at radius 3 is 2.35 bits per heavy atom. The zero-order valence-corrected chi connectivity index (χ0v) is 10.4. The van der Waals surface area contributed by atoms with Crippen LogP contribution in [0.2, 0.25) is 0 Å². The van der Waals surface area contributed by atoms with Crippen molar-refractivity contribution in [3.05, 3.63) is 29.8 Å². The van der Waals surface area contributed by atoms with Crippen molar-refractivity contribution >= 4 is 5.97 Å². The predicted molar refractivity (Wildman–Crippen MR) is 66.5 cm³/mol. The summed E-state index contributed by atoms with van der Waals surface area (Å²) in [5.74, 6) is 0.0703. The van der Waals surface area contributed by atoms with Gasteiger partial charge in [0.25, 0.3) is 0 Å². The average Bonchev–Trinajstić information content (AvgIpc) is 2.29. The average molecular weight is 237 g/mol. The predicted octanol–water partition coefficient (Wildman–Crippen LogP) is 1.86. The number of likely N-dealkylation sites (N-methyl/N-ethyl adjacent to an activating group) is 1. The molecule has 94 valence electrons. The van der Waals surface area contributed by atoms with Crippen LogP contribution in [0.5, 0.6) is 5.75 Å². The van der Waals surface area contributed by atoms with Gasteiger partial charge in [-0.3, -0.25) is 0 Å². The number of hydrogen-bond acceptors (Lipinski definition) is 3. The number of rotatable bonds is 6. The molecule has 4 heteroatoms. The van der Waals surface area contributed by atoms with Crippen molar-refractivity contribution in [1.82, 2.24) is 5.32 Å². The molecular formula is C13H19NO3. The molecule has 0 saturated heterocycles. The van der Waals surface area contributed by atoms with Crippen molar-refractivity contribution in [2.24, 2.45) is 0 Å². The fraction of sp³-hybridized carbons (Fsp3) is 0.462. The van der Waals surface area contributed by atoms with Gasteiger partial charge in [0.2, 0.25) is 6.10 Å². The Balaban J connectivity index is 2.70. The number of carbonyl (C=O) groups is 1. The Morgan fingerprint density at radius 1 is 1.35 bits per heavy atom. The Morgan fingerprint density at radius 2 is 1.94 bits per heavy atom. The zero-order chi connectivity index (χ0) is 12.8.